The average Bonchev–Trinajstić information content (AvgIpc) is 2.63. The minimum Gasteiger partial charge on any atom is -0.378 e. The summed E-state index contributed by atoms with van der Waals surface area (Å²) in [7, 11) is 0. The highest BCUT2D eigenvalue weighted by atomic mass is 79.9. The maximum Gasteiger partial charge on any atom is 0.179 e. The molecule has 0 N–H and O–H groups in total. The third kappa shape index (κ3) is 2.02. The van der Waals surface area contributed by atoms with Crippen LogP contribution in [0.5, 0.6) is 0 Å². The van der Waals surface area contributed by atoms with Crippen LogP contribution in [0.25, 0.3) is 0 Å². The minimum atomic E-state index is 0.353. The van der Waals surface area contributed by atoms with E-state index >= 15 is 0 Å². The fourth-order valence-electron chi connectivity index (χ4n) is 1.32. The average molecular weight is 249 g/mol. The molecule has 0 saturated carbocycles. The number of nitrogens with zero attached hydrogens (tertiary/aromatic N) is 2. The summed E-state index contributed by atoms with van der Waals surface area (Å²) in [4.78, 5) is 4.22. The summed E-state index contributed by atoms with van der Waals surface area (Å²) >= 11 is 4.67. The first-order chi connectivity index (χ1) is 5.84. The Labute approximate surface area is 83.5 Å². The number of hydrogen-bond acceptors (Lipinski definition) is 4. The van der Waals surface area contributed by atoms with E-state index in [4.69, 9.17) is 4.74 Å². The molecule has 5 heteroatoms. The summed E-state index contributed by atoms with van der Waals surface area (Å²) < 4.78 is 10.5. The molecule has 1 fully saturated rings. The van der Waals surface area contributed by atoms with Crippen molar-refractivity contribution in [2.45, 2.75) is 25.4 Å². The minimum absolute atomic E-state index is 0.353. The van der Waals surface area contributed by atoms with E-state index in [9.17, 15) is 0 Å². The Morgan fingerprint density at radius 3 is 3.17 bits per heavy atom. The van der Waals surface area contributed by atoms with Crippen molar-refractivity contribution in [2.75, 3.05) is 6.61 Å². The van der Waals surface area contributed by atoms with Gasteiger partial charge in [0.15, 0.2) is 3.92 Å². The third-order valence-electron chi connectivity index (χ3n) is 1.88. The van der Waals surface area contributed by atoms with E-state index in [-0.39, 0.29) is 0 Å². The summed E-state index contributed by atoms with van der Waals surface area (Å²) in [6, 6.07) is 0. The molecule has 0 amide bonds. The Morgan fingerprint density at radius 2 is 2.58 bits per heavy atom. The molecular weight excluding hydrogens is 240 g/mol. The lowest BCUT2D eigenvalue weighted by Crippen LogP contribution is -2.09. The van der Waals surface area contributed by atoms with Crippen LogP contribution in [0, 0.1) is 0 Å². The first kappa shape index (κ1) is 8.59. The zero-order chi connectivity index (χ0) is 8.39. The predicted molar refractivity (Wildman–Crippen MR) is 50.3 cm³/mol. The molecule has 1 saturated heterocycles. The van der Waals surface area contributed by atoms with Crippen LogP contribution in [0.1, 0.15) is 18.7 Å². The van der Waals surface area contributed by atoms with Gasteiger partial charge in [0.05, 0.1) is 6.10 Å². The molecule has 2 rings (SSSR count). The topological polar surface area (TPSA) is 35.0 Å². The fourth-order valence-corrected chi connectivity index (χ4v) is 2.19. The van der Waals surface area contributed by atoms with Gasteiger partial charge in [-0.05, 0) is 40.3 Å². The smallest absolute Gasteiger partial charge is 0.179 e. The van der Waals surface area contributed by atoms with E-state index in [0.717, 1.165) is 29.2 Å². The maximum atomic E-state index is 5.48. The Kier molecular flexibility index (Phi) is 2.73. The maximum absolute atomic E-state index is 5.48. The lowest BCUT2D eigenvalue weighted by molar-refractivity contribution is 0.110. The van der Waals surface area contributed by atoms with Gasteiger partial charge in [0.2, 0.25) is 0 Å². The van der Waals surface area contributed by atoms with E-state index < -0.39 is 0 Å². The molecule has 2 heterocycles. The standard InChI is InChI=1S/C7H9BrN2OS/c8-7-9-6(10-12-7)4-5-2-1-3-11-5/h5H,1-4H2. The normalized spacial score (nSPS) is 23.2. The molecule has 0 aromatic carbocycles. The first-order valence-corrected chi connectivity index (χ1v) is 5.51. The van der Waals surface area contributed by atoms with E-state index in [1.54, 1.807) is 0 Å². The van der Waals surface area contributed by atoms with E-state index in [1.165, 1.54) is 18.0 Å². The van der Waals surface area contributed by atoms with Crippen LogP contribution in [0.15, 0.2) is 3.92 Å². The van der Waals surface area contributed by atoms with Crippen molar-refractivity contribution < 1.29 is 4.74 Å². The van der Waals surface area contributed by atoms with Crippen molar-refractivity contribution in [3.63, 3.8) is 0 Å². The van der Waals surface area contributed by atoms with Gasteiger partial charge in [-0.1, -0.05) is 0 Å². The number of hydrogen-bond donors (Lipinski definition) is 0. The molecule has 1 aromatic heterocycles. The Morgan fingerprint density at radius 1 is 1.67 bits per heavy atom. The van der Waals surface area contributed by atoms with E-state index in [0.29, 0.717) is 6.10 Å². The zero-order valence-corrected chi connectivity index (χ0v) is 8.90. The van der Waals surface area contributed by atoms with Gasteiger partial charge in [-0.2, -0.15) is 4.37 Å². The summed E-state index contributed by atoms with van der Waals surface area (Å²) in [5.74, 6) is 0.902. The summed E-state index contributed by atoms with van der Waals surface area (Å²) in [5, 5.41) is 0. The fraction of sp³-hybridized carbons (Fsp3) is 0.714. The summed E-state index contributed by atoms with van der Waals surface area (Å²) in [6.07, 6.45) is 3.54. The van der Waals surface area contributed by atoms with Gasteiger partial charge in [-0.3, -0.25) is 0 Å². The van der Waals surface area contributed by atoms with E-state index in [1.807, 2.05) is 0 Å². The van der Waals surface area contributed by atoms with Crippen LogP contribution in [0.4, 0.5) is 0 Å². The van der Waals surface area contributed by atoms with Crippen LogP contribution in [0.2, 0.25) is 0 Å². The molecule has 0 aliphatic carbocycles. The highest BCUT2D eigenvalue weighted by Crippen LogP contribution is 2.18. The second kappa shape index (κ2) is 3.81. The van der Waals surface area contributed by atoms with Gasteiger partial charge in [-0.25, -0.2) is 4.98 Å². The SMILES string of the molecule is Brc1nc(CC2CCCO2)ns1. The molecule has 1 aliphatic rings. The molecule has 1 atom stereocenters. The van der Waals surface area contributed by atoms with Gasteiger partial charge in [0.1, 0.15) is 5.82 Å². The molecule has 0 bridgehead atoms. The molecule has 0 spiro atoms. The molecule has 66 valence electrons. The molecule has 1 unspecified atom stereocenters. The van der Waals surface area contributed by atoms with Gasteiger partial charge in [0.25, 0.3) is 0 Å². The van der Waals surface area contributed by atoms with Crippen LogP contribution in [-0.2, 0) is 11.2 Å². The van der Waals surface area contributed by atoms with Gasteiger partial charge < -0.3 is 4.74 Å². The van der Waals surface area contributed by atoms with Crippen LogP contribution in [-0.4, -0.2) is 22.1 Å². The number of rotatable bonds is 2. The molecule has 3 nitrogen and oxygen atoms in total. The summed E-state index contributed by atoms with van der Waals surface area (Å²) in [6.45, 7) is 0.899. The van der Waals surface area contributed by atoms with Gasteiger partial charge in [-0.15, -0.1) is 0 Å². The number of ether oxygens (including phenoxy) is 1. The molecule has 1 aromatic rings. The second-order valence-electron chi connectivity index (χ2n) is 2.80. The number of halogens is 1. The molecule has 12 heavy (non-hydrogen) atoms. The lowest BCUT2D eigenvalue weighted by atomic mass is 10.2. The van der Waals surface area contributed by atoms with Crippen molar-refractivity contribution >= 4 is 27.5 Å². The monoisotopic (exact) mass is 248 g/mol. The largest absolute Gasteiger partial charge is 0.378 e. The van der Waals surface area contributed by atoms with E-state index in [2.05, 4.69) is 25.3 Å². The highest BCUT2D eigenvalue weighted by molar-refractivity contribution is 9.11. The summed E-state index contributed by atoms with van der Waals surface area (Å²) in [5.41, 5.74) is 0. The molecule has 0 radical (unpaired) electrons. The first-order valence-electron chi connectivity index (χ1n) is 3.94. The Bertz CT molecular complexity index is 260. The lowest BCUT2D eigenvalue weighted by Gasteiger charge is -2.04. The zero-order valence-electron chi connectivity index (χ0n) is 6.49. The van der Waals surface area contributed by atoms with Crippen LogP contribution in [0.3, 0.4) is 0 Å². The predicted octanol–water partition coefficient (Wildman–Crippen LogP) is 2.02. The van der Waals surface area contributed by atoms with Crippen molar-refractivity contribution in [3.8, 4) is 0 Å². The Hall–Kier alpha value is -0.0000000000000000555. The van der Waals surface area contributed by atoms with Crippen LogP contribution < -0.4 is 0 Å². The third-order valence-corrected chi connectivity index (χ3v) is 3.03. The van der Waals surface area contributed by atoms with Crippen molar-refractivity contribution in [2.24, 2.45) is 0 Å². The van der Waals surface area contributed by atoms with Crippen molar-refractivity contribution in [3.05, 3.63) is 9.74 Å². The van der Waals surface area contributed by atoms with Crippen molar-refractivity contribution in [1.29, 1.82) is 0 Å². The number of aromatic nitrogens is 2. The second-order valence-corrected chi connectivity index (χ2v) is 4.83. The van der Waals surface area contributed by atoms with Gasteiger partial charge >= 0.3 is 0 Å². The molecule has 1 aliphatic heterocycles. The quantitative estimate of drug-likeness (QED) is 0.804. The molecular formula is C7H9BrN2OS. The Balaban J connectivity index is 1.94. The van der Waals surface area contributed by atoms with Gasteiger partial charge in [0, 0.05) is 13.0 Å². The van der Waals surface area contributed by atoms with Crippen molar-refractivity contribution in [1.82, 2.24) is 9.36 Å². The highest BCUT2D eigenvalue weighted by Gasteiger charge is 2.17. The van der Waals surface area contributed by atoms with Crippen LogP contribution >= 0.6 is 27.5 Å².